The number of carbonyl (C=O) groups is 1. The molecule has 1 fully saturated rings. The van der Waals surface area contributed by atoms with Gasteiger partial charge in [0.2, 0.25) is 0 Å². The lowest BCUT2D eigenvalue weighted by Crippen LogP contribution is -2.30. The average Bonchev–Trinajstić information content (AvgIpc) is 2.53. The van der Waals surface area contributed by atoms with Crippen LogP contribution in [0.25, 0.3) is 0 Å². The first-order valence-electron chi connectivity index (χ1n) is 7.23. The van der Waals surface area contributed by atoms with Crippen LogP contribution >= 0.6 is 0 Å². The van der Waals surface area contributed by atoms with Crippen molar-refractivity contribution in [3.05, 3.63) is 23.5 Å². The highest BCUT2D eigenvalue weighted by Crippen LogP contribution is 2.21. The van der Waals surface area contributed by atoms with E-state index in [-0.39, 0.29) is 5.91 Å². The summed E-state index contributed by atoms with van der Waals surface area (Å²) >= 11 is 0. The Kier molecular flexibility index (Phi) is 5.35. The molecular weight excluding hydrogens is 254 g/mol. The average molecular weight is 277 g/mol. The van der Waals surface area contributed by atoms with E-state index in [4.69, 9.17) is 4.74 Å². The molecule has 1 aliphatic carbocycles. The number of nitrogens with zero attached hydrogens (tertiary/aromatic N) is 1. The maximum absolute atomic E-state index is 11.6. The predicted molar refractivity (Wildman–Crippen MR) is 77.9 cm³/mol. The summed E-state index contributed by atoms with van der Waals surface area (Å²) in [6.45, 7) is 0.731. The van der Waals surface area contributed by atoms with Crippen molar-refractivity contribution in [3.63, 3.8) is 0 Å². The molecule has 2 rings (SSSR count). The van der Waals surface area contributed by atoms with Gasteiger partial charge in [0.25, 0.3) is 5.91 Å². The number of nitrogens with one attached hydrogen (secondary N) is 2. The van der Waals surface area contributed by atoms with E-state index in [1.807, 2.05) is 0 Å². The summed E-state index contributed by atoms with van der Waals surface area (Å²) in [6, 6.07) is 2.28. The molecule has 0 aliphatic heterocycles. The number of rotatable bonds is 5. The molecule has 110 valence electrons. The largest absolute Gasteiger partial charge is 0.496 e. The molecule has 0 spiro atoms. The first-order chi connectivity index (χ1) is 9.74. The monoisotopic (exact) mass is 277 g/mol. The van der Waals surface area contributed by atoms with Crippen LogP contribution in [0.5, 0.6) is 5.75 Å². The Morgan fingerprint density at radius 1 is 1.40 bits per heavy atom. The van der Waals surface area contributed by atoms with Gasteiger partial charge in [-0.3, -0.25) is 9.78 Å². The van der Waals surface area contributed by atoms with E-state index < -0.39 is 0 Å². The fraction of sp³-hybridized carbons (Fsp3) is 0.600. The highest BCUT2D eigenvalue weighted by molar-refractivity contribution is 5.92. The van der Waals surface area contributed by atoms with Crippen molar-refractivity contribution in [2.24, 2.45) is 0 Å². The highest BCUT2D eigenvalue weighted by Gasteiger charge is 2.15. The van der Waals surface area contributed by atoms with Gasteiger partial charge in [-0.15, -0.1) is 0 Å². The molecule has 5 heteroatoms. The summed E-state index contributed by atoms with van der Waals surface area (Å²) in [4.78, 5) is 15.7. The Balaban J connectivity index is 2.01. The molecule has 5 nitrogen and oxygen atoms in total. The number of carbonyl (C=O) groups excluding carboxylic acids is 1. The molecule has 0 saturated heterocycles. The third-order valence-corrected chi connectivity index (χ3v) is 3.81. The number of hydrogen-bond acceptors (Lipinski definition) is 4. The SMILES string of the molecule is CNC(=O)c1cc(OC)c(CNC2CCCCC2)cn1. The van der Waals surface area contributed by atoms with E-state index in [0.717, 1.165) is 12.1 Å². The van der Waals surface area contributed by atoms with Crippen molar-refractivity contribution in [1.29, 1.82) is 0 Å². The Hall–Kier alpha value is -1.62. The van der Waals surface area contributed by atoms with Crippen LogP contribution in [0.1, 0.15) is 48.2 Å². The summed E-state index contributed by atoms with van der Waals surface area (Å²) in [5, 5.41) is 6.12. The van der Waals surface area contributed by atoms with Gasteiger partial charge in [0, 0.05) is 37.5 Å². The molecule has 0 radical (unpaired) electrons. The number of methoxy groups -OCH3 is 1. The zero-order valence-electron chi connectivity index (χ0n) is 12.2. The topological polar surface area (TPSA) is 63.2 Å². The van der Waals surface area contributed by atoms with Gasteiger partial charge in [-0.05, 0) is 12.8 Å². The minimum Gasteiger partial charge on any atom is -0.496 e. The lowest BCUT2D eigenvalue weighted by molar-refractivity contribution is 0.0957. The third-order valence-electron chi connectivity index (χ3n) is 3.81. The molecule has 0 bridgehead atoms. The summed E-state index contributed by atoms with van der Waals surface area (Å²) in [5.41, 5.74) is 1.37. The van der Waals surface area contributed by atoms with Crippen molar-refractivity contribution >= 4 is 5.91 Å². The smallest absolute Gasteiger partial charge is 0.269 e. The van der Waals surface area contributed by atoms with Crippen LogP contribution in [-0.4, -0.2) is 31.1 Å². The van der Waals surface area contributed by atoms with E-state index in [9.17, 15) is 4.79 Å². The van der Waals surface area contributed by atoms with Gasteiger partial charge in [-0.25, -0.2) is 0 Å². The van der Waals surface area contributed by atoms with Crippen LogP contribution in [0.15, 0.2) is 12.3 Å². The number of amides is 1. The van der Waals surface area contributed by atoms with Crippen molar-refractivity contribution < 1.29 is 9.53 Å². The molecule has 1 aliphatic rings. The maximum Gasteiger partial charge on any atom is 0.269 e. The van der Waals surface area contributed by atoms with Crippen LogP contribution < -0.4 is 15.4 Å². The van der Waals surface area contributed by atoms with Crippen molar-refractivity contribution in [2.75, 3.05) is 14.2 Å². The summed E-state index contributed by atoms with van der Waals surface area (Å²) in [6.07, 6.45) is 8.17. The molecular formula is C15H23N3O2. The highest BCUT2D eigenvalue weighted by atomic mass is 16.5. The zero-order valence-corrected chi connectivity index (χ0v) is 12.2. The van der Waals surface area contributed by atoms with E-state index in [2.05, 4.69) is 15.6 Å². The molecule has 0 aromatic carbocycles. The lowest BCUT2D eigenvalue weighted by atomic mass is 9.95. The Labute approximate surface area is 120 Å². The molecule has 2 N–H and O–H groups in total. The standard InChI is InChI=1S/C15H23N3O2/c1-16-15(19)13-8-14(20-2)11(10-18-13)9-17-12-6-4-3-5-7-12/h8,10,12,17H,3-7,9H2,1-2H3,(H,16,19). The quantitative estimate of drug-likeness (QED) is 0.862. The number of ether oxygens (including phenoxy) is 1. The van der Waals surface area contributed by atoms with Gasteiger partial charge in [-0.2, -0.15) is 0 Å². The second-order valence-corrected chi connectivity index (χ2v) is 5.18. The Bertz CT molecular complexity index is 456. The zero-order chi connectivity index (χ0) is 14.4. The first-order valence-corrected chi connectivity index (χ1v) is 7.23. The lowest BCUT2D eigenvalue weighted by Gasteiger charge is -2.23. The van der Waals surface area contributed by atoms with Crippen LogP contribution in [-0.2, 0) is 6.54 Å². The molecule has 20 heavy (non-hydrogen) atoms. The van der Waals surface area contributed by atoms with E-state index in [0.29, 0.717) is 17.5 Å². The summed E-state index contributed by atoms with van der Waals surface area (Å²) in [7, 11) is 3.21. The Morgan fingerprint density at radius 3 is 2.80 bits per heavy atom. The van der Waals surface area contributed by atoms with Crippen molar-refractivity contribution in [2.45, 2.75) is 44.7 Å². The van der Waals surface area contributed by atoms with Gasteiger partial charge >= 0.3 is 0 Å². The van der Waals surface area contributed by atoms with E-state index >= 15 is 0 Å². The molecule has 0 unspecified atom stereocenters. The van der Waals surface area contributed by atoms with Gasteiger partial charge in [-0.1, -0.05) is 19.3 Å². The second kappa shape index (κ2) is 7.24. The maximum atomic E-state index is 11.6. The van der Waals surface area contributed by atoms with Crippen LogP contribution in [0, 0.1) is 0 Å². The third kappa shape index (κ3) is 3.70. The van der Waals surface area contributed by atoms with Gasteiger partial charge < -0.3 is 15.4 Å². The van der Waals surface area contributed by atoms with E-state index in [1.165, 1.54) is 32.1 Å². The molecule has 1 aromatic rings. The van der Waals surface area contributed by atoms with E-state index in [1.54, 1.807) is 26.4 Å². The predicted octanol–water partition coefficient (Wildman–Crippen LogP) is 1.87. The van der Waals surface area contributed by atoms with Crippen LogP contribution in [0.2, 0.25) is 0 Å². The molecule has 1 aromatic heterocycles. The van der Waals surface area contributed by atoms with Gasteiger partial charge in [0.1, 0.15) is 11.4 Å². The number of aromatic nitrogens is 1. The molecule has 0 atom stereocenters. The number of hydrogen-bond donors (Lipinski definition) is 2. The fourth-order valence-electron chi connectivity index (χ4n) is 2.60. The van der Waals surface area contributed by atoms with Crippen molar-refractivity contribution in [3.8, 4) is 5.75 Å². The van der Waals surface area contributed by atoms with Gasteiger partial charge in [0.05, 0.1) is 7.11 Å². The summed E-state index contributed by atoms with van der Waals surface area (Å²) in [5.74, 6) is 0.511. The Morgan fingerprint density at radius 2 is 2.15 bits per heavy atom. The second-order valence-electron chi connectivity index (χ2n) is 5.18. The van der Waals surface area contributed by atoms with Crippen LogP contribution in [0.4, 0.5) is 0 Å². The summed E-state index contributed by atoms with van der Waals surface area (Å²) < 4.78 is 5.36. The number of pyridine rings is 1. The minimum absolute atomic E-state index is 0.199. The first kappa shape index (κ1) is 14.8. The normalized spacial score (nSPS) is 15.9. The molecule has 1 saturated carbocycles. The molecule has 1 heterocycles. The van der Waals surface area contributed by atoms with Gasteiger partial charge in [0.15, 0.2) is 0 Å². The van der Waals surface area contributed by atoms with Crippen LogP contribution in [0.3, 0.4) is 0 Å². The van der Waals surface area contributed by atoms with Crippen molar-refractivity contribution in [1.82, 2.24) is 15.6 Å². The molecule has 1 amide bonds. The minimum atomic E-state index is -0.199. The fourth-order valence-corrected chi connectivity index (χ4v) is 2.60.